The SMILES string of the molecule is CNC(=O)c1ccc(N)c(N2CC(CO)OC(C)(C)C2)c1. The van der Waals surface area contributed by atoms with Gasteiger partial charge in [-0.15, -0.1) is 0 Å². The van der Waals surface area contributed by atoms with E-state index < -0.39 is 0 Å². The van der Waals surface area contributed by atoms with E-state index >= 15 is 0 Å². The minimum absolute atomic E-state index is 0.0467. The van der Waals surface area contributed by atoms with Crippen molar-refractivity contribution in [3.63, 3.8) is 0 Å². The fraction of sp³-hybridized carbons (Fsp3) is 0.533. The molecule has 2 rings (SSSR count). The Morgan fingerprint density at radius 3 is 2.90 bits per heavy atom. The van der Waals surface area contributed by atoms with Crippen LogP contribution in [0.5, 0.6) is 0 Å². The summed E-state index contributed by atoms with van der Waals surface area (Å²) >= 11 is 0. The number of anilines is 2. The zero-order chi connectivity index (χ0) is 15.6. The lowest BCUT2D eigenvalue weighted by Crippen LogP contribution is -2.54. The molecule has 116 valence electrons. The third kappa shape index (κ3) is 3.46. The van der Waals surface area contributed by atoms with E-state index in [9.17, 15) is 9.90 Å². The normalized spacial score (nSPS) is 21.1. The van der Waals surface area contributed by atoms with E-state index in [1.807, 2.05) is 13.8 Å². The van der Waals surface area contributed by atoms with E-state index in [2.05, 4.69) is 10.2 Å². The second-order valence-electron chi connectivity index (χ2n) is 5.92. The van der Waals surface area contributed by atoms with Crippen molar-refractivity contribution in [2.75, 3.05) is 37.4 Å². The Bertz CT molecular complexity index is 531. The zero-order valence-corrected chi connectivity index (χ0v) is 12.7. The number of carbonyl (C=O) groups excluding carboxylic acids is 1. The van der Waals surface area contributed by atoms with Crippen LogP contribution in [-0.4, -0.2) is 49.5 Å². The Labute approximate surface area is 124 Å². The lowest BCUT2D eigenvalue weighted by atomic mass is 10.0. The first-order chi connectivity index (χ1) is 9.86. The second kappa shape index (κ2) is 5.91. The minimum Gasteiger partial charge on any atom is -0.397 e. The van der Waals surface area contributed by atoms with Crippen LogP contribution in [0.3, 0.4) is 0 Å². The molecule has 0 bridgehead atoms. The van der Waals surface area contributed by atoms with Gasteiger partial charge in [0.15, 0.2) is 0 Å². The number of ether oxygens (including phenoxy) is 1. The van der Waals surface area contributed by atoms with Crippen molar-refractivity contribution in [3.8, 4) is 0 Å². The number of aliphatic hydroxyl groups excluding tert-OH is 1. The van der Waals surface area contributed by atoms with Gasteiger partial charge in [0.05, 0.1) is 29.7 Å². The molecule has 1 amide bonds. The molecule has 0 saturated carbocycles. The molecule has 0 radical (unpaired) electrons. The number of aliphatic hydroxyl groups is 1. The lowest BCUT2D eigenvalue weighted by molar-refractivity contribution is -0.100. The topological polar surface area (TPSA) is 87.8 Å². The van der Waals surface area contributed by atoms with Gasteiger partial charge in [-0.3, -0.25) is 4.79 Å². The number of nitrogens with zero attached hydrogens (tertiary/aromatic N) is 1. The minimum atomic E-state index is -0.388. The van der Waals surface area contributed by atoms with E-state index in [1.165, 1.54) is 0 Å². The van der Waals surface area contributed by atoms with Gasteiger partial charge in [-0.25, -0.2) is 0 Å². The Morgan fingerprint density at radius 1 is 1.57 bits per heavy atom. The number of nitrogens with two attached hydrogens (primary N) is 1. The van der Waals surface area contributed by atoms with Crippen LogP contribution in [0.25, 0.3) is 0 Å². The highest BCUT2D eigenvalue weighted by Gasteiger charge is 2.34. The summed E-state index contributed by atoms with van der Waals surface area (Å²) in [4.78, 5) is 13.8. The van der Waals surface area contributed by atoms with Gasteiger partial charge in [0.25, 0.3) is 5.91 Å². The molecule has 0 aliphatic carbocycles. The Kier molecular flexibility index (Phi) is 4.39. The second-order valence-corrected chi connectivity index (χ2v) is 5.92. The van der Waals surface area contributed by atoms with Gasteiger partial charge in [-0.05, 0) is 32.0 Å². The standard InChI is InChI=1S/C15H23N3O3/c1-15(2)9-18(7-11(8-19)21-15)13-6-10(14(20)17-3)4-5-12(13)16/h4-6,11,19H,7-9,16H2,1-3H3,(H,17,20). The molecule has 1 unspecified atom stereocenters. The van der Waals surface area contributed by atoms with E-state index in [0.29, 0.717) is 24.3 Å². The van der Waals surface area contributed by atoms with Gasteiger partial charge in [0.2, 0.25) is 0 Å². The van der Waals surface area contributed by atoms with Crippen LogP contribution in [0.2, 0.25) is 0 Å². The summed E-state index contributed by atoms with van der Waals surface area (Å²) in [6.45, 7) is 5.09. The first-order valence-corrected chi connectivity index (χ1v) is 7.01. The number of amides is 1. The number of morpholine rings is 1. The molecule has 6 nitrogen and oxygen atoms in total. The summed E-state index contributed by atoms with van der Waals surface area (Å²) in [5.74, 6) is -0.150. The fourth-order valence-corrected chi connectivity index (χ4v) is 2.68. The fourth-order valence-electron chi connectivity index (χ4n) is 2.68. The zero-order valence-electron chi connectivity index (χ0n) is 12.7. The molecule has 1 atom stereocenters. The monoisotopic (exact) mass is 293 g/mol. The molecule has 0 aromatic heterocycles. The first kappa shape index (κ1) is 15.6. The van der Waals surface area contributed by atoms with E-state index in [-0.39, 0.29) is 24.2 Å². The average molecular weight is 293 g/mol. The van der Waals surface area contributed by atoms with Crippen molar-refractivity contribution in [1.82, 2.24) is 5.32 Å². The summed E-state index contributed by atoms with van der Waals surface area (Å²) in [7, 11) is 1.60. The highest BCUT2D eigenvalue weighted by molar-refractivity contribution is 5.96. The van der Waals surface area contributed by atoms with E-state index in [1.54, 1.807) is 25.2 Å². The molecular formula is C15H23N3O3. The molecule has 21 heavy (non-hydrogen) atoms. The van der Waals surface area contributed by atoms with Crippen molar-refractivity contribution in [1.29, 1.82) is 0 Å². The number of benzene rings is 1. The molecule has 6 heteroatoms. The molecule has 1 aliphatic rings. The van der Waals surface area contributed by atoms with Crippen LogP contribution < -0.4 is 16.0 Å². The third-order valence-corrected chi connectivity index (χ3v) is 3.55. The number of nitrogens with one attached hydrogen (secondary N) is 1. The van der Waals surface area contributed by atoms with E-state index in [0.717, 1.165) is 5.69 Å². The predicted molar refractivity (Wildman–Crippen MR) is 82.5 cm³/mol. The quantitative estimate of drug-likeness (QED) is 0.711. The number of nitrogen functional groups attached to an aromatic ring is 1. The smallest absolute Gasteiger partial charge is 0.251 e. The third-order valence-electron chi connectivity index (χ3n) is 3.55. The molecular weight excluding hydrogens is 270 g/mol. The largest absolute Gasteiger partial charge is 0.397 e. The summed E-state index contributed by atoms with van der Waals surface area (Å²) < 4.78 is 5.80. The molecule has 1 heterocycles. The Hall–Kier alpha value is -1.79. The van der Waals surface area contributed by atoms with Gasteiger partial charge in [-0.1, -0.05) is 0 Å². The van der Waals surface area contributed by atoms with Crippen molar-refractivity contribution in [3.05, 3.63) is 23.8 Å². The predicted octanol–water partition coefficient (Wildman–Crippen LogP) is 0.605. The Morgan fingerprint density at radius 2 is 2.29 bits per heavy atom. The molecule has 1 aromatic rings. The van der Waals surface area contributed by atoms with Crippen LogP contribution in [0.15, 0.2) is 18.2 Å². The highest BCUT2D eigenvalue weighted by atomic mass is 16.5. The molecule has 1 fully saturated rings. The molecule has 1 aliphatic heterocycles. The van der Waals surface area contributed by atoms with Crippen LogP contribution in [0.1, 0.15) is 24.2 Å². The van der Waals surface area contributed by atoms with Crippen LogP contribution in [0, 0.1) is 0 Å². The van der Waals surface area contributed by atoms with Gasteiger partial charge < -0.3 is 25.8 Å². The van der Waals surface area contributed by atoms with Crippen molar-refractivity contribution in [2.24, 2.45) is 0 Å². The molecule has 4 N–H and O–H groups in total. The van der Waals surface area contributed by atoms with E-state index in [4.69, 9.17) is 10.5 Å². The van der Waals surface area contributed by atoms with Gasteiger partial charge >= 0.3 is 0 Å². The maximum Gasteiger partial charge on any atom is 0.251 e. The van der Waals surface area contributed by atoms with Crippen molar-refractivity contribution >= 4 is 17.3 Å². The molecule has 1 aromatic carbocycles. The van der Waals surface area contributed by atoms with Crippen LogP contribution in [0.4, 0.5) is 11.4 Å². The average Bonchev–Trinajstić information content (AvgIpc) is 2.45. The maximum absolute atomic E-state index is 11.8. The van der Waals surface area contributed by atoms with Crippen LogP contribution in [-0.2, 0) is 4.74 Å². The molecule has 0 spiro atoms. The summed E-state index contributed by atoms with van der Waals surface area (Å²) in [5, 5.41) is 12.0. The Balaban J connectivity index is 2.33. The maximum atomic E-state index is 11.8. The van der Waals surface area contributed by atoms with Gasteiger partial charge in [0.1, 0.15) is 0 Å². The van der Waals surface area contributed by atoms with Gasteiger partial charge in [0, 0.05) is 25.7 Å². The number of hydrogen-bond donors (Lipinski definition) is 3. The van der Waals surface area contributed by atoms with Crippen molar-refractivity contribution in [2.45, 2.75) is 25.6 Å². The number of rotatable bonds is 3. The van der Waals surface area contributed by atoms with Crippen LogP contribution >= 0.6 is 0 Å². The first-order valence-electron chi connectivity index (χ1n) is 7.01. The summed E-state index contributed by atoms with van der Waals surface area (Å²) in [5.41, 5.74) is 7.64. The van der Waals surface area contributed by atoms with Gasteiger partial charge in [-0.2, -0.15) is 0 Å². The van der Waals surface area contributed by atoms with Crippen molar-refractivity contribution < 1.29 is 14.6 Å². The number of carbonyl (C=O) groups is 1. The molecule has 1 saturated heterocycles. The highest BCUT2D eigenvalue weighted by Crippen LogP contribution is 2.30. The summed E-state index contributed by atoms with van der Waals surface area (Å²) in [6.07, 6.45) is -0.267. The lowest BCUT2D eigenvalue weighted by Gasteiger charge is -2.43. The number of hydrogen-bond acceptors (Lipinski definition) is 5. The summed E-state index contributed by atoms with van der Waals surface area (Å²) in [6, 6.07) is 5.22.